The molecule has 0 bridgehead atoms. The first kappa shape index (κ1) is 22.4. The molecule has 1 unspecified atom stereocenters. The molecule has 5 heteroatoms. The second-order valence-corrected chi connectivity index (χ2v) is 10.1. The Kier molecular flexibility index (Phi) is 6.70. The Morgan fingerprint density at radius 1 is 0.970 bits per heavy atom. The van der Waals surface area contributed by atoms with Crippen molar-refractivity contribution in [3.8, 4) is 0 Å². The molecule has 1 aliphatic carbocycles. The zero-order chi connectivity index (χ0) is 22.7. The summed E-state index contributed by atoms with van der Waals surface area (Å²) in [6.07, 6.45) is 10.3. The molecular formula is C28H39N5. The first-order valence-corrected chi connectivity index (χ1v) is 13.0. The highest BCUT2D eigenvalue weighted by atomic mass is 15.3. The number of fused-ring (bicyclic) bond motifs is 1. The third-order valence-electron chi connectivity index (χ3n) is 8.00. The van der Waals surface area contributed by atoms with Crippen LogP contribution in [0.15, 0.2) is 54.6 Å². The molecule has 0 radical (unpaired) electrons. The van der Waals surface area contributed by atoms with Crippen molar-refractivity contribution in [1.29, 1.82) is 0 Å². The lowest BCUT2D eigenvalue weighted by Gasteiger charge is -2.48. The van der Waals surface area contributed by atoms with E-state index in [4.69, 9.17) is 10.7 Å². The minimum atomic E-state index is 0.202. The summed E-state index contributed by atoms with van der Waals surface area (Å²) in [4.78, 5) is 7.77. The predicted octanol–water partition coefficient (Wildman–Crippen LogP) is 5.68. The van der Waals surface area contributed by atoms with E-state index in [1.807, 2.05) is 0 Å². The van der Waals surface area contributed by atoms with Gasteiger partial charge in [-0.2, -0.15) is 0 Å². The van der Waals surface area contributed by atoms with E-state index < -0.39 is 0 Å². The van der Waals surface area contributed by atoms with Gasteiger partial charge in [0.25, 0.3) is 0 Å². The van der Waals surface area contributed by atoms with Crippen molar-refractivity contribution in [2.75, 3.05) is 25.0 Å². The Morgan fingerprint density at radius 3 is 2.33 bits per heavy atom. The number of hydrogen-bond donors (Lipinski definition) is 2. The number of para-hydroxylation sites is 2. The van der Waals surface area contributed by atoms with E-state index in [1.165, 1.54) is 49.6 Å². The minimum Gasteiger partial charge on any atom is -0.352 e. The molecule has 3 N–H and O–H groups in total. The van der Waals surface area contributed by atoms with Crippen LogP contribution in [0.4, 0.5) is 5.95 Å². The lowest BCUT2D eigenvalue weighted by atomic mass is 9.79. The van der Waals surface area contributed by atoms with Gasteiger partial charge in [-0.25, -0.2) is 4.98 Å². The normalized spacial score (nSPS) is 21.0. The lowest BCUT2D eigenvalue weighted by molar-refractivity contribution is 0.0362. The summed E-state index contributed by atoms with van der Waals surface area (Å²) in [7, 11) is 0. The number of nitrogens with two attached hydrogens (primary N) is 1. The van der Waals surface area contributed by atoms with Crippen LogP contribution in [-0.4, -0.2) is 40.1 Å². The van der Waals surface area contributed by atoms with E-state index in [-0.39, 0.29) is 11.6 Å². The summed E-state index contributed by atoms with van der Waals surface area (Å²) in [6.45, 7) is 5.00. The molecule has 1 aromatic heterocycles. The van der Waals surface area contributed by atoms with Gasteiger partial charge < -0.3 is 15.6 Å². The quantitative estimate of drug-likeness (QED) is 0.479. The number of imidazole rings is 1. The second kappa shape index (κ2) is 9.86. The van der Waals surface area contributed by atoms with Crippen LogP contribution in [0.3, 0.4) is 0 Å². The van der Waals surface area contributed by atoms with Gasteiger partial charge in [-0.3, -0.25) is 4.90 Å². The van der Waals surface area contributed by atoms with Crippen LogP contribution in [0, 0.1) is 0 Å². The number of nitrogens with zero attached hydrogens (tertiary/aromatic N) is 3. The van der Waals surface area contributed by atoms with Gasteiger partial charge in [0, 0.05) is 37.3 Å². The third-order valence-corrected chi connectivity index (χ3v) is 8.00. The highest BCUT2D eigenvalue weighted by molar-refractivity contribution is 5.79. The Morgan fingerprint density at radius 2 is 1.64 bits per heavy atom. The second-order valence-electron chi connectivity index (χ2n) is 10.1. The summed E-state index contributed by atoms with van der Waals surface area (Å²) in [6, 6.07) is 20.5. The molecule has 1 atom stereocenters. The average Bonchev–Trinajstić information content (AvgIpc) is 3.04. The van der Waals surface area contributed by atoms with Crippen LogP contribution in [-0.2, 0) is 5.54 Å². The highest BCUT2D eigenvalue weighted by Gasteiger charge is 2.40. The average molecular weight is 446 g/mol. The summed E-state index contributed by atoms with van der Waals surface area (Å²) < 4.78 is 2.46. The molecule has 0 spiro atoms. The van der Waals surface area contributed by atoms with Gasteiger partial charge in [0.2, 0.25) is 5.95 Å². The number of aromatic nitrogens is 2. The van der Waals surface area contributed by atoms with Crippen LogP contribution in [0.5, 0.6) is 0 Å². The molecule has 5 nitrogen and oxygen atoms in total. The van der Waals surface area contributed by atoms with E-state index in [1.54, 1.807) is 0 Å². The van der Waals surface area contributed by atoms with Gasteiger partial charge in [-0.05, 0) is 50.3 Å². The Hall–Kier alpha value is -2.37. The fourth-order valence-corrected chi connectivity index (χ4v) is 6.20. The van der Waals surface area contributed by atoms with Crippen molar-refractivity contribution < 1.29 is 0 Å². The number of anilines is 1. The molecule has 5 rings (SSSR count). The van der Waals surface area contributed by atoms with Crippen molar-refractivity contribution in [1.82, 2.24) is 14.5 Å². The molecule has 3 aromatic rings. The number of hydrogen-bond acceptors (Lipinski definition) is 4. The van der Waals surface area contributed by atoms with Crippen molar-refractivity contribution in [2.24, 2.45) is 5.73 Å². The maximum absolute atomic E-state index is 5.92. The monoisotopic (exact) mass is 445 g/mol. The predicted molar refractivity (Wildman–Crippen MR) is 138 cm³/mol. The smallest absolute Gasteiger partial charge is 0.204 e. The summed E-state index contributed by atoms with van der Waals surface area (Å²) in [5, 5.41) is 3.58. The number of piperidine rings is 1. The van der Waals surface area contributed by atoms with Gasteiger partial charge in [-0.15, -0.1) is 0 Å². The summed E-state index contributed by atoms with van der Waals surface area (Å²) in [5.74, 6) is 0.972. The maximum atomic E-state index is 5.92. The molecule has 176 valence electrons. The first-order valence-electron chi connectivity index (χ1n) is 13.0. The van der Waals surface area contributed by atoms with E-state index in [0.29, 0.717) is 12.6 Å². The molecule has 1 aliphatic heterocycles. The molecule has 2 heterocycles. The van der Waals surface area contributed by atoms with Crippen molar-refractivity contribution in [3.63, 3.8) is 0 Å². The first-order chi connectivity index (χ1) is 16.2. The number of nitrogens with one attached hydrogen (secondary N) is 1. The Balaban J connectivity index is 1.42. The molecule has 1 saturated carbocycles. The van der Waals surface area contributed by atoms with E-state index >= 15 is 0 Å². The summed E-state index contributed by atoms with van der Waals surface area (Å²) in [5.41, 5.74) is 9.95. The van der Waals surface area contributed by atoms with Crippen molar-refractivity contribution in [2.45, 2.75) is 75.9 Å². The van der Waals surface area contributed by atoms with E-state index in [9.17, 15) is 0 Å². The van der Waals surface area contributed by atoms with Gasteiger partial charge in [0.15, 0.2) is 0 Å². The van der Waals surface area contributed by atoms with E-state index in [2.05, 4.69) is 76.3 Å². The summed E-state index contributed by atoms with van der Waals surface area (Å²) >= 11 is 0. The fraction of sp³-hybridized carbons (Fsp3) is 0.536. The Bertz CT molecular complexity index is 1030. The van der Waals surface area contributed by atoms with Crippen LogP contribution in [0.1, 0.15) is 69.9 Å². The molecule has 1 saturated heterocycles. The van der Waals surface area contributed by atoms with Crippen LogP contribution < -0.4 is 11.1 Å². The molecular weight excluding hydrogens is 406 g/mol. The van der Waals surface area contributed by atoms with Crippen LogP contribution in [0.2, 0.25) is 0 Å². The molecule has 2 fully saturated rings. The van der Waals surface area contributed by atoms with Gasteiger partial charge in [0.05, 0.1) is 11.0 Å². The van der Waals surface area contributed by atoms with Crippen LogP contribution >= 0.6 is 0 Å². The molecule has 33 heavy (non-hydrogen) atoms. The zero-order valence-electron chi connectivity index (χ0n) is 20.0. The maximum Gasteiger partial charge on any atom is 0.204 e. The van der Waals surface area contributed by atoms with Crippen molar-refractivity contribution >= 4 is 17.0 Å². The minimum absolute atomic E-state index is 0.202. The fourth-order valence-electron chi connectivity index (χ4n) is 6.20. The number of benzene rings is 2. The zero-order valence-corrected chi connectivity index (χ0v) is 20.0. The SMILES string of the molecule is CC(CN)Nc1nc2ccccc2n1C1CCN(C2(c3ccccc3)CCCCCC2)CC1. The van der Waals surface area contributed by atoms with Gasteiger partial charge >= 0.3 is 0 Å². The standard InChI is InChI=1S/C28H39N5/c1-22(21-29)30-27-31-25-13-7-8-14-26(25)33(27)24-15-19-32(20-16-24)28(17-9-2-3-10-18-28)23-11-5-4-6-12-23/h4-8,11-14,22,24H,2-3,9-10,15-21,29H2,1H3,(H,30,31). The van der Waals surface area contributed by atoms with Crippen molar-refractivity contribution in [3.05, 3.63) is 60.2 Å². The van der Waals surface area contributed by atoms with Gasteiger partial charge in [0.1, 0.15) is 0 Å². The molecule has 0 amide bonds. The molecule has 2 aliphatic rings. The lowest BCUT2D eigenvalue weighted by Crippen LogP contribution is -2.50. The largest absolute Gasteiger partial charge is 0.352 e. The number of likely N-dealkylation sites (tertiary alicyclic amines) is 1. The van der Waals surface area contributed by atoms with Crippen LogP contribution in [0.25, 0.3) is 11.0 Å². The third kappa shape index (κ3) is 4.41. The Labute approximate surface area is 198 Å². The van der Waals surface area contributed by atoms with E-state index in [0.717, 1.165) is 37.4 Å². The number of rotatable bonds is 6. The van der Waals surface area contributed by atoms with Gasteiger partial charge in [-0.1, -0.05) is 68.1 Å². The highest BCUT2D eigenvalue weighted by Crippen LogP contribution is 2.44. The topological polar surface area (TPSA) is 59.1 Å². The molecule has 2 aromatic carbocycles.